The topological polar surface area (TPSA) is 84.9 Å². The molecule has 0 aliphatic carbocycles. The van der Waals surface area contributed by atoms with E-state index in [2.05, 4.69) is 20.4 Å². The van der Waals surface area contributed by atoms with Crippen LogP contribution in [0.2, 0.25) is 0 Å². The fourth-order valence-corrected chi connectivity index (χ4v) is 1.68. The van der Waals surface area contributed by atoms with Crippen molar-refractivity contribution in [2.24, 2.45) is 0 Å². The summed E-state index contributed by atoms with van der Waals surface area (Å²) in [7, 11) is 1.21. The van der Waals surface area contributed by atoms with Crippen LogP contribution in [-0.2, 0) is 23.1 Å². The highest BCUT2D eigenvalue weighted by atomic mass is 31.2. The molecule has 0 aliphatic heterocycles. The first-order chi connectivity index (χ1) is 8.43. The van der Waals surface area contributed by atoms with Gasteiger partial charge in [-0.1, -0.05) is 6.58 Å². The van der Waals surface area contributed by atoms with Crippen molar-refractivity contribution in [1.82, 2.24) is 0 Å². The van der Waals surface area contributed by atoms with E-state index in [4.69, 9.17) is 0 Å². The summed E-state index contributed by atoms with van der Waals surface area (Å²) >= 11 is 0. The van der Waals surface area contributed by atoms with Gasteiger partial charge in [0.15, 0.2) is 0 Å². The number of likely N-dealkylation sites (N-methyl/N-ethyl adjacent to an activating group) is 1. The number of nitrogens with zero attached hydrogens (tertiary/aromatic N) is 1. The highest BCUT2D eigenvalue weighted by Gasteiger charge is 2.19. The molecule has 0 aromatic rings. The van der Waals surface area contributed by atoms with Gasteiger partial charge in [-0.05, 0) is 13.8 Å². The van der Waals surface area contributed by atoms with Gasteiger partial charge in [-0.25, -0.2) is 4.79 Å². The van der Waals surface area contributed by atoms with E-state index in [0.717, 1.165) is 0 Å². The zero-order valence-corrected chi connectivity index (χ0v) is 12.9. The molecule has 0 rings (SSSR count). The Bertz CT molecular complexity index is 376. The van der Waals surface area contributed by atoms with Crippen molar-refractivity contribution in [1.29, 1.82) is 0 Å². The molecule has 0 N–H and O–H groups in total. The van der Waals surface area contributed by atoms with Crippen molar-refractivity contribution in [3.8, 4) is 0 Å². The van der Waals surface area contributed by atoms with Crippen LogP contribution in [0.3, 0.4) is 0 Å². The number of quaternary nitrogens is 1. The minimum Gasteiger partial charge on any atom is -0.756 e. The van der Waals surface area contributed by atoms with Crippen molar-refractivity contribution >= 4 is 13.8 Å². The fourth-order valence-electron chi connectivity index (χ4n) is 0.912. The monoisotopic (exact) mass is 295 g/mol. The standard InChI is InChI=1S/C11H22NO6P/c1-9(2)11(13)17-10(3)18-19(14,15)16-8-7-12(4,5)6/h10H,1,7-8H2,2-6H3. The second-order valence-corrected chi connectivity index (χ2v) is 6.52. The fraction of sp³-hybridized carbons (Fsp3) is 0.727. The zero-order chi connectivity index (χ0) is 15.3. The highest BCUT2D eigenvalue weighted by Crippen LogP contribution is 2.39. The smallest absolute Gasteiger partial charge is 0.335 e. The van der Waals surface area contributed by atoms with Crippen molar-refractivity contribution < 1.29 is 32.5 Å². The summed E-state index contributed by atoms with van der Waals surface area (Å²) in [5.41, 5.74) is 0.155. The number of ether oxygens (including phenoxy) is 1. The van der Waals surface area contributed by atoms with E-state index in [9.17, 15) is 14.3 Å². The summed E-state index contributed by atoms with van der Waals surface area (Å²) in [6.45, 7) is 6.59. The lowest BCUT2D eigenvalue weighted by Crippen LogP contribution is -2.37. The van der Waals surface area contributed by atoms with Gasteiger partial charge < -0.3 is 18.6 Å². The number of phosphoric acid groups is 1. The van der Waals surface area contributed by atoms with E-state index in [-0.39, 0.29) is 12.2 Å². The van der Waals surface area contributed by atoms with E-state index in [0.29, 0.717) is 11.0 Å². The zero-order valence-electron chi connectivity index (χ0n) is 12.0. The number of phosphoric ester groups is 1. The Kier molecular flexibility index (Phi) is 6.89. The minimum atomic E-state index is -4.49. The molecule has 7 nitrogen and oxygen atoms in total. The van der Waals surface area contributed by atoms with Gasteiger partial charge in [0.05, 0.1) is 21.1 Å². The van der Waals surface area contributed by atoms with Gasteiger partial charge in [0.1, 0.15) is 13.2 Å². The van der Waals surface area contributed by atoms with E-state index in [1.54, 1.807) is 0 Å². The first kappa shape index (κ1) is 18.3. The predicted octanol–water partition coefficient (Wildman–Crippen LogP) is 0.659. The third-order valence-corrected chi connectivity index (χ3v) is 2.96. The average Bonchev–Trinajstić information content (AvgIpc) is 2.12. The Balaban J connectivity index is 4.18. The number of rotatable bonds is 8. The molecule has 0 bridgehead atoms. The van der Waals surface area contributed by atoms with Crippen LogP contribution in [0.25, 0.3) is 0 Å². The maximum atomic E-state index is 11.4. The highest BCUT2D eigenvalue weighted by molar-refractivity contribution is 7.45. The number of esters is 1. The summed E-state index contributed by atoms with van der Waals surface area (Å²) in [6.07, 6.45) is -1.25. The summed E-state index contributed by atoms with van der Waals surface area (Å²) in [4.78, 5) is 22.6. The maximum absolute atomic E-state index is 11.4. The van der Waals surface area contributed by atoms with Crippen LogP contribution >= 0.6 is 7.82 Å². The predicted molar refractivity (Wildman–Crippen MR) is 67.9 cm³/mol. The molecule has 0 aromatic heterocycles. The van der Waals surface area contributed by atoms with Crippen molar-refractivity contribution in [3.63, 3.8) is 0 Å². The van der Waals surface area contributed by atoms with Gasteiger partial charge in [-0.15, -0.1) is 0 Å². The lowest BCUT2D eigenvalue weighted by atomic mass is 10.4. The van der Waals surface area contributed by atoms with Gasteiger partial charge >= 0.3 is 5.97 Å². The molecule has 0 fully saturated rings. The van der Waals surface area contributed by atoms with Crippen LogP contribution in [0.4, 0.5) is 0 Å². The largest absolute Gasteiger partial charge is 0.756 e. The molecule has 19 heavy (non-hydrogen) atoms. The lowest BCUT2D eigenvalue weighted by Gasteiger charge is -2.28. The van der Waals surface area contributed by atoms with Crippen LogP contribution in [0, 0.1) is 0 Å². The Morgan fingerprint density at radius 1 is 1.42 bits per heavy atom. The number of hydrogen-bond donors (Lipinski definition) is 0. The summed E-state index contributed by atoms with van der Waals surface area (Å²) < 4.78 is 25.9. The van der Waals surface area contributed by atoms with Crippen LogP contribution < -0.4 is 4.89 Å². The second-order valence-electron chi connectivity index (χ2n) is 5.15. The average molecular weight is 295 g/mol. The minimum absolute atomic E-state index is 0.00850. The van der Waals surface area contributed by atoms with E-state index in [1.165, 1.54) is 13.8 Å². The molecule has 0 aromatic carbocycles. The summed E-state index contributed by atoms with van der Waals surface area (Å²) in [6, 6.07) is 0. The molecule has 0 saturated heterocycles. The van der Waals surface area contributed by atoms with Crippen molar-refractivity contribution in [2.45, 2.75) is 20.1 Å². The molecule has 0 spiro atoms. The van der Waals surface area contributed by atoms with Crippen LogP contribution in [-0.4, -0.2) is 51.0 Å². The Morgan fingerprint density at radius 2 is 1.95 bits per heavy atom. The van der Waals surface area contributed by atoms with Crippen LogP contribution in [0.5, 0.6) is 0 Å². The molecule has 0 saturated carbocycles. The van der Waals surface area contributed by atoms with E-state index < -0.39 is 20.1 Å². The first-order valence-corrected chi connectivity index (χ1v) is 7.20. The summed E-state index contributed by atoms with van der Waals surface area (Å²) in [5.74, 6) is -0.723. The number of carbonyl (C=O) groups excluding carboxylic acids is 1. The van der Waals surface area contributed by atoms with Gasteiger partial charge in [-0.2, -0.15) is 0 Å². The molecular formula is C11H22NO6P. The lowest BCUT2D eigenvalue weighted by molar-refractivity contribution is -0.870. The SMILES string of the molecule is C=C(C)C(=O)OC(C)OP(=O)([O-])OCC[N+](C)(C)C. The van der Waals surface area contributed by atoms with Gasteiger partial charge in [0.2, 0.25) is 6.29 Å². The third kappa shape index (κ3) is 9.81. The maximum Gasteiger partial charge on any atom is 0.335 e. The van der Waals surface area contributed by atoms with Gasteiger partial charge in [-0.3, -0.25) is 9.09 Å². The molecule has 0 heterocycles. The normalized spacial score (nSPS) is 16.5. The second kappa shape index (κ2) is 7.17. The number of hydrogen-bond acceptors (Lipinski definition) is 6. The molecular weight excluding hydrogens is 273 g/mol. The Labute approximate surface area is 114 Å². The molecule has 112 valence electrons. The molecule has 2 unspecified atom stereocenters. The van der Waals surface area contributed by atoms with Crippen molar-refractivity contribution in [3.05, 3.63) is 12.2 Å². The van der Waals surface area contributed by atoms with Gasteiger partial charge in [0, 0.05) is 5.57 Å². The third-order valence-electron chi connectivity index (χ3n) is 1.91. The molecule has 8 heteroatoms. The van der Waals surface area contributed by atoms with Crippen LogP contribution in [0.1, 0.15) is 13.8 Å². The van der Waals surface area contributed by atoms with Crippen molar-refractivity contribution in [2.75, 3.05) is 34.3 Å². The summed E-state index contributed by atoms with van der Waals surface area (Å²) in [5, 5.41) is 0. The molecule has 0 aliphatic rings. The molecule has 2 atom stereocenters. The van der Waals surface area contributed by atoms with Crippen LogP contribution in [0.15, 0.2) is 12.2 Å². The quantitative estimate of drug-likeness (QED) is 0.215. The van der Waals surface area contributed by atoms with E-state index >= 15 is 0 Å². The Hall–Kier alpha value is -0.720. The first-order valence-electron chi connectivity index (χ1n) is 5.74. The Morgan fingerprint density at radius 3 is 2.37 bits per heavy atom. The molecule has 0 radical (unpaired) electrons. The van der Waals surface area contributed by atoms with E-state index in [1.807, 2.05) is 21.1 Å². The van der Waals surface area contributed by atoms with Gasteiger partial charge in [0.25, 0.3) is 7.82 Å². The molecule has 0 amide bonds. The number of carbonyl (C=O) groups is 1.